The maximum Gasteiger partial charge on any atom is 0.259 e. The number of dihydropyridines is 1. The van der Waals surface area contributed by atoms with Crippen molar-refractivity contribution in [3.63, 3.8) is 0 Å². The fourth-order valence-corrected chi connectivity index (χ4v) is 2.53. The minimum atomic E-state index is -0.483. The van der Waals surface area contributed by atoms with Crippen molar-refractivity contribution in [3.8, 4) is 11.5 Å². The molecule has 1 aliphatic rings. The van der Waals surface area contributed by atoms with Gasteiger partial charge in [-0.15, -0.1) is 0 Å². The molecule has 2 aromatic carbocycles. The summed E-state index contributed by atoms with van der Waals surface area (Å²) >= 11 is 6.01. The van der Waals surface area contributed by atoms with E-state index in [0.717, 1.165) is 0 Å². The standard InChI is InChI=1S/C19H14ClFN2O3/c1-11-6-13(21)3-5-17(11)26-18-7-12(20)2-4-16(18)19(25)23-14-8-15(24)10-22-9-14/h2-9H,10H2,1H3,(H,23,25). The fraction of sp³-hybridized carbons (Fsp3) is 0.105. The van der Waals surface area contributed by atoms with Gasteiger partial charge in [0.15, 0.2) is 5.78 Å². The van der Waals surface area contributed by atoms with E-state index in [2.05, 4.69) is 10.3 Å². The van der Waals surface area contributed by atoms with E-state index in [1.54, 1.807) is 13.0 Å². The zero-order valence-electron chi connectivity index (χ0n) is 13.8. The SMILES string of the molecule is Cc1cc(F)ccc1Oc1cc(Cl)ccc1C(=O)NC1=CC(=O)CN=C1. The van der Waals surface area contributed by atoms with Gasteiger partial charge in [0, 0.05) is 23.4 Å². The molecule has 26 heavy (non-hydrogen) atoms. The van der Waals surface area contributed by atoms with Gasteiger partial charge in [0.1, 0.15) is 23.9 Å². The number of ketones is 1. The molecule has 1 N–H and O–H groups in total. The highest BCUT2D eigenvalue weighted by Gasteiger charge is 2.17. The normalized spacial score (nSPS) is 13.3. The van der Waals surface area contributed by atoms with E-state index in [9.17, 15) is 14.0 Å². The maximum absolute atomic E-state index is 13.3. The molecule has 0 aromatic heterocycles. The van der Waals surface area contributed by atoms with Crippen LogP contribution in [0.2, 0.25) is 5.02 Å². The van der Waals surface area contributed by atoms with E-state index in [-0.39, 0.29) is 29.5 Å². The molecule has 0 unspecified atom stereocenters. The summed E-state index contributed by atoms with van der Waals surface area (Å²) in [4.78, 5) is 27.8. The predicted molar refractivity (Wildman–Crippen MR) is 96.6 cm³/mol. The van der Waals surface area contributed by atoms with Crippen LogP contribution in [0.5, 0.6) is 11.5 Å². The number of carbonyl (C=O) groups excluding carboxylic acids is 2. The Kier molecular flexibility index (Phi) is 5.14. The Morgan fingerprint density at radius 1 is 1.23 bits per heavy atom. The summed E-state index contributed by atoms with van der Waals surface area (Å²) in [7, 11) is 0. The van der Waals surface area contributed by atoms with E-state index < -0.39 is 5.91 Å². The first-order chi connectivity index (χ1) is 12.4. The summed E-state index contributed by atoms with van der Waals surface area (Å²) < 4.78 is 19.0. The Hall–Kier alpha value is -2.99. The second kappa shape index (κ2) is 7.49. The molecule has 1 amide bonds. The number of allylic oxidation sites excluding steroid dienone is 1. The van der Waals surface area contributed by atoms with Gasteiger partial charge in [-0.2, -0.15) is 0 Å². The quantitative estimate of drug-likeness (QED) is 0.886. The summed E-state index contributed by atoms with van der Waals surface area (Å²) in [6.45, 7) is 1.76. The van der Waals surface area contributed by atoms with Crippen molar-refractivity contribution >= 4 is 29.5 Å². The van der Waals surface area contributed by atoms with Gasteiger partial charge in [-0.05, 0) is 42.8 Å². The lowest BCUT2D eigenvalue weighted by atomic mass is 10.1. The molecule has 0 bridgehead atoms. The van der Waals surface area contributed by atoms with E-state index in [4.69, 9.17) is 16.3 Å². The average molecular weight is 373 g/mol. The van der Waals surface area contributed by atoms with Crippen LogP contribution >= 0.6 is 11.6 Å². The monoisotopic (exact) mass is 372 g/mol. The Bertz CT molecular complexity index is 954. The summed E-state index contributed by atoms with van der Waals surface area (Å²) in [6, 6.07) is 8.62. The second-order valence-electron chi connectivity index (χ2n) is 5.64. The number of benzene rings is 2. The van der Waals surface area contributed by atoms with Crippen molar-refractivity contribution in [2.24, 2.45) is 4.99 Å². The third-order valence-corrected chi connectivity index (χ3v) is 3.83. The number of halogens is 2. The molecule has 0 spiro atoms. The summed E-state index contributed by atoms with van der Waals surface area (Å²) in [5.74, 6) is -0.450. The van der Waals surface area contributed by atoms with E-state index in [1.807, 2.05) is 0 Å². The average Bonchev–Trinajstić information content (AvgIpc) is 2.57. The molecule has 0 fully saturated rings. The van der Waals surface area contributed by atoms with Crippen molar-refractivity contribution < 1.29 is 18.7 Å². The predicted octanol–water partition coefficient (Wildman–Crippen LogP) is 3.85. The number of ether oxygens (including phenoxy) is 1. The molecule has 0 atom stereocenters. The van der Waals surface area contributed by atoms with Crippen LogP contribution in [0.15, 0.2) is 53.2 Å². The topological polar surface area (TPSA) is 67.8 Å². The number of rotatable bonds is 4. The lowest BCUT2D eigenvalue weighted by molar-refractivity contribution is -0.113. The number of aryl methyl sites for hydroxylation is 1. The molecule has 2 aromatic rings. The van der Waals surface area contributed by atoms with E-state index in [1.165, 1.54) is 42.6 Å². The Labute approximate surface area is 154 Å². The molecule has 3 rings (SSSR count). The van der Waals surface area contributed by atoms with Crippen LogP contribution in [-0.4, -0.2) is 24.4 Å². The van der Waals surface area contributed by atoms with Crippen molar-refractivity contribution in [1.82, 2.24) is 5.32 Å². The maximum atomic E-state index is 13.3. The molecule has 1 heterocycles. The summed E-state index contributed by atoms with van der Waals surface area (Å²) in [5, 5.41) is 2.98. The number of carbonyl (C=O) groups is 2. The van der Waals surface area contributed by atoms with Crippen LogP contribution in [-0.2, 0) is 4.79 Å². The summed E-state index contributed by atoms with van der Waals surface area (Å²) in [5.41, 5.74) is 1.08. The third-order valence-electron chi connectivity index (χ3n) is 3.60. The molecular formula is C19H14ClFN2O3. The lowest BCUT2D eigenvalue weighted by Gasteiger charge is -2.14. The highest BCUT2D eigenvalue weighted by atomic mass is 35.5. The molecule has 0 aliphatic carbocycles. The van der Waals surface area contributed by atoms with Crippen molar-refractivity contribution in [3.05, 3.63) is 70.1 Å². The van der Waals surface area contributed by atoms with Crippen LogP contribution in [0.25, 0.3) is 0 Å². The van der Waals surface area contributed by atoms with Crippen LogP contribution in [0, 0.1) is 12.7 Å². The molecule has 0 saturated carbocycles. The van der Waals surface area contributed by atoms with Gasteiger partial charge < -0.3 is 10.1 Å². The van der Waals surface area contributed by atoms with E-state index >= 15 is 0 Å². The fourth-order valence-electron chi connectivity index (χ4n) is 2.37. The lowest BCUT2D eigenvalue weighted by Crippen LogP contribution is -2.26. The van der Waals surface area contributed by atoms with Crippen molar-refractivity contribution in [2.75, 3.05) is 6.54 Å². The zero-order chi connectivity index (χ0) is 18.7. The number of aliphatic imine (C=N–C) groups is 1. The van der Waals surface area contributed by atoms with Crippen LogP contribution < -0.4 is 10.1 Å². The molecule has 0 saturated heterocycles. The molecule has 7 heteroatoms. The minimum absolute atomic E-state index is 0.0680. The first-order valence-electron chi connectivity index (χ1n) is 7.71. The van der Waals surface area contributed by atoms with Gasteiger partial charge in [0.2, 0.25) is 0 Å². The first kappa shape index (κ1) is 17.8. The zero-order valence-corrected chi connectivity index (χ0v) is 14.5. The van der Waals surface area contributed by atoms with Gasteiger partial charge in [0.05, 0.1) is 11.3 Å². The summed E-state index contributed by atoms with van der Waals surface area (Å²) in [6.07, 6.45) is 2.73. The van der Waals surface area contributed by atoms with Crippen molar-refractivity contribution in [1.29, 1.82) is 0 Å². The van der Waals surface area contributed by atoms with Gasteiger partial charge in [-0.1, -0.05) is 11.6 Å². The van der Waals surface area contributed by atoms with Crippen LogP contribution in [0.1, 0.15) is 15.9 Å². The smallest absolute Gasteiger partial charge is 0.259 e. The van der Waals surface area contributed by atoms with Gasteiger partial charge in [-0.25, -0.2) is 4.39 Å². The number of amides is 1. The highest BCUT2D eigenvalue weighted by molar-refractivity contribution is 6.30. The largest absolute Gasteiger partial charge is 0.456 e. The molecule has 1 aliphatic heterocycles. The minimum Gasteiger partial charge on any atom is -0.456 e. The van der Waals surface area contributed by atoms with Crippen LogP contribution in [0.4, 0.5) is 4.39 Å². The number of hydrogen-bond donors (Lipinski definition) is 1. The van der Waals surface area contributed by atoms with Gasteiger partial charge >= 0.3 is 0 Å². The van der Waals surface area contributed by atoms with Crippen LogP contribution in [0.3, 0.4) is 0 Å². The number of nitrogens with zero attached hydrogens (tertiary/aromatic N) is 1. The highest BCUT2D eigenvalue weighted by Crippen LogP contribution is 2.30. The Morgan fingerprint density at radius 2 is 2.04 bits per heavy atom. The third kappa shape index (κ3) is 4.15. The molecular weight excluding hydrogens is 359 g/mol. The molecule has 5 nitrogen and oxygen atoms in total. The molecule has 132 valence electrons. The number of nitrogens with one attached hydrogen (secondary N) is 1. The van der Waals surface area contributed by atoms with Gasteiger partial charge in [-0.3, -0.25) is 14.6 Å². The van der Waals surface area contributed by atoms with E-state index in [0.29, 0.717) is 22.0 Å². The Balaban J connectivity index is 1.89. The molecule has 0 radical (unpaired) electrons. The second-order valence-corrected chi connectivity index (χ2v) is 6.08. The van der Waals surface area contributed by atoms with Gasteiger partial charge in [0.25, 0.3) is 5.91 Å². The Morgan fingerprint density at radius 3 is 2.77 bits per heavy atom. The first-order valence-corrected chi connectivity index (χ1v) is 8.09. The number of hydrogen-bond acceptors (Lipinski definition) is 4. The van der Waals surface area contributed by atoms with Crippen molar-refractivity contribution in [2.45, 2.75) is 6.92 Å².